The Hall–Kier alpha value is -0.0800. The normalized spacial score (nSPS) is 41.1. The van der Waals surface area contributed by atoms with Crippen molar-refractivity contribution in [2.24, 2.45) is 11.8 Å². The molecule has 0 aromatic heterocycles. The first kappa shape index (κ1) is 14.8. The highest BCUT2D eigenvalue weighted by molar-refractivity contribution is 4.92. The Morgan fingerprint density at radius 3 is 2.35 bits per heavy atom. The van der Waals surface area contributed by atoms with Crippen molar-refractivity contribution >= 4 is 0 Å². The van der Waals surface area contributed by atoms with Crippen LogP contribution < -0.4 is 5.32 Å². The smallest absolute Gasteiger partial charge is 0.0708 e. The molecule has 1 spiro atoms. The Labute approximate surface area is 125 Å². The summed E-state index contributed by atoms with van der Waals surface area (Å²) in [4.78, 5) is 0. The molecular formula is C18H33NO. The minimum atomic E-state index is 0.289. The maximum Gasteiger partial charge on any atom is 0.0708 e. The van der Waals surface area contributed by atoms with Crippen LogP contribution in [0, 0.1) is 11.8 Å². The fraction of sp³-hybridized carbons (Fsp3) is 1.00. The topological polar surface area (TPSA) is 21.3 Å². The van der Waals surface area contributed by atoms with E-state index in [4.69, 9.17) is 4.74 Å². The molecule has 0 radical (unpaired) electrons. The van der Waals surface area contributed by atoms with Crippen LogP contribution in [0.5, 0.6) is 0 Å². The lowest BCUT2D eigenvalue weighted by molar-refractivity contribution is -0.0634. The molecule has 3 fully saturated rings. The van der Waals surface area contributed by atoms with E-state index in [9.17, 15) is 0 Å². The fourth-order valence-corrected chi connectivity index (χ4v) is 5.01. The monoisotopic (exact) mass is 279 g/mol. The van der Waals surface area contributed by atoms with Gasteiger partial charge in [-0.3, -0.25) is 0 Å². The fourth-order valence-electron chi connectivity index (χ4n) is 5.01. The Morgan fingerprint density at radius 2 is 1.65 bits per heavy atom. The van der Waals surface area contributed by atoms with Gasteiger partial charge in [0.05, 0.1) is 11.7 Å². The number of rotatable bonds is 3. The van der Waals surface area contributed by atoms with Gasteiger partial charge in [0.1, 0.15) is 0 Å². The third-order valence-corrected chi connectivity index (χ3v) is 5.92. The van der Waals surface area contributed by atoms with Crippen LogP contribution in [0.3, 0.4) is 0 Å². The summed E-state index contributed by atoms with van der Waals surface area (Å²) in [6, 6.07) is 0.736. The van der Waals surface area contributed by atoms with Crippen molar-refractivity contribution < 1.29 is 4.74 Å². The van der Waals surface area contributed by atoms with Gasteiger partial charge < -0.3 is 10.1 Å². The molecule has 1 aliphatic heterocycles. The highest BCUT2D eigenvalue weighted by Crippen LogP contribution is 2.41. The van der Waals surface area contributed by atoms with E-state index in [1.165, 1.54) is 64.2 Å². The van der Waals surface area contributed by atoms with Gasteiger partial charge in [0.25, 0.3) is 0 Å². The average molecular weight is 279 g/mol. The van der Waals surface area contributed by atoms with E-state index in [0.717, 1.165) is 24.4 Å². The van der Waals surface area contributed by atoms with E-state index < -0.39 is 0 Å². The molecule has 116 valence electrons. The lowest BCUT2D eigenvalue weighted by Crippen LogP contribution is -2.41. The molecule has 2 nitrogen and oxygen atoms in total. The zero-order valence-corrected chi connectivity index (χ0v) is 13.5. The minimum Gasteiger partial charge on any atom is -0.370 e. The first-order chi connectivity index (χ1) is 9.65. The summed E-state index contributed by atoms with van der Waals surface area (Å²) in [6.45, 7) is 5.91. The Balaban J connectivity index is 1.43. The lowest BCUT2D eigenvalue weighted by atomic mass is 9.80. The number of nitrogens with one attached hydrogen (secondary N) is 1. The molecule has 1 heterocycles. The van der Waals surface area contributed by atoms with E-state index in [-0.39, 0.29) is 5.60 Å². The van der Waals surface area contributed by atoms with Gasteiger partial charge in [0.2, 0.25) is 0 Å². The summed E-state index contributed by atoms with van der Waals surface area (Å²) in [5.41, 5.74) is 0.289. The molecule has 2 saturated carbocycles. The van der Waals surface area contributed by atoms with Crippen molar-refractivity contribution in [2.75, 3.05) is 6.54 Å². The third kappa shape index (κ3) is 3.57. The molecule has 0 aromatic carbocycles. The molecular weight excluding hydrogens is 246 g/mol. The van der Waals surface area contributed by atoms with Crippen molar-refractivity contribution in [2.45, 2.75) is 95.8 Å². The van der Waals surface area contributed by atoms with E-state index in [1.807, 2.05) is 0 Å². The molecule has 0 amide bonds. The first-order valence-corrected chi connectivity index (χ1v) is 9.06. The maximum absolute atomic E-state index is 6.47. The second kappa shape index (κ2) is 6.36. The lowest BCUT2D eigenvalue weighted by Gasteiger charge is -2.35. The predicted molar refractivity (Wildman–Crippen MR) is 83.9 cm³/mol. The van der Waals surface area contributed by atoms with Gasteiger partial charge in [-0.15, -0.1) is 0 Å². The number of ether oxygens (including phenoxy) is 1. The van der Waals surface area contributed by atoms with Crippen molar-refractivity contribution in [1.29, 1.82) is 0 Å². The predicted octanol–water partition coefficient (Wildman–Crippen LogP) is 4.28. The zero-order chi connectivity index (χ0) is 14.0. The van der Waals surface area contributed by atoms with Gasteiger partial charge in [-0.05, 0) is 56.8 Å². The van der Waals surface area contributed by atoms with Gasteiger partial charge in [-0.2, -0.15) is 0 Å². The van der Waals surface area contributed by atoms with Crippen molar-refractivity contribution in [1.82, 2.24) is 5.32 Å². The van der Waals surface area contributed by atoms with E-state index >= 15 is 0 Å². The summed E-state index contributed by atoms with van der Waals surface area (Å²) in [5, 5.41) is 3.82. The Kier molecular flexibility index (Phi) is 4.72. The van der Waals surface area contributed by atoms with Crippen LogP contribution in [-0.4, -0.2) is 24.3 Å². The molecule has 2 aliphatic carbocycles. The SMILES string of the molecule is CC1CC(C)CC(NCC2CCC3(CCCCC3)O2)C1. The maximum atomic E-state index is 6.47. The molecule has 1 N–H and O–H groups in total. The average Bonchev–Trinajstić information content (AvgIpc) is 2.79. The molecule has 0 bridgehead atoms. The summed E-state index contributed by atoms with van der Waals surface area (Å²) in [5.74, 6) is 1.79. The van der Waals surface area contributed by atoms with Crippen LogP contribution >= 0.6 is 0 Å². The van der Waals surface area contributed by atoms with E-state index in [1.54, 1.807) is 0 Å². The molecule has 3 rings (SSSR count). The van der Waals surface area contributed by atoms with Crippen LogP contribution in [0.1, 0.15) is 78.1 Å². The van der Waals surface area contributed by atoms with Gasteiger partial charge in [0.15, 0.2) is 0 Å². The summed E-state index contributed by atoms with van der Waals surface area (Å²) in [7, 11) is 0. The zero-order valence-electron chi connectivity index (χ0n) is 13.5. The Bertz CT molecular complexity index is 301. The van der Waals surface area contributed by atoms with Gasteiger partial charge in [-0.1, -0.05) is 33.1 Å². The molecule has 2 heteroatoms. The molecule has 3 atom stereocenters. The second-order valence-corrected chi connectivity index (χ2v) is 8.04. The van der Waals surface area contributed by atoms with Crippen molar-refractivity contribution in [3.8, 4) is 0 Å². The second-order valence-electron chi connectivity index (χ2n) is 8.04. The summed E-state index contributed by atoms with van der Waals surface area (Å²) in [6.07, 6.45) is 14.1. The molecule has 3 aliphatic rings. The van der Waals surface area contributed by atoms with Crippen molar-refractivity contribution in [3.63, 3.8) is 0 Å². The summed E-state index contributed by atoms with van der Waals surface area (Å²) >= 11 is 0. The quantitative estimate of drug-likeness (QED) is 0.832. The van der Waals surface area contributed by atoms with Crippen LogP contribution in [0.4, 0.5) is 0 Å². The largest absolute Gasteiger partial charge is 0.370 e. The van der Waals surface area contributed by atoms with Gasteiger partial charge in [0, 0.05) is 12.6 Å². The van der Waals surface area contributed by atoms with Crippen LogP contribution in [0.2, 0.25) is 0 Å². The summed E-state index contributed by atoms with van der Waals surface area (Å²) < 4.78 is 6.47. The van der Waals surface area contributed by atoms with Gasteiger partial charge in [-0.25, -0.2) is 0 Å². The van der Waals surface area contributed by atoms with Crippen LogP contribution in [0.25, 0.3) is 0 Å². The highest BCUT2D eigenvalue weighted by atomic mass is 16.5. The van der Waals surface area contributed by atoms with Gasteiger partial charge >= 0.3 is 0 Å². The molecule has 0 aromatic rings. The van der Waals surface area contributed by atoms with Crippen LogP contribution in [-0.2, 0) is 4.74 Å². The first-order valence-electron chi connectivity index (χ1n) is 9.06. The molecule has 3 unspecified atom stereocenters. The molecule has 1 saturated heterocycles. The van der Waals surface area contributed by atoms with Crippen molar-refractivity contribution in [3.05, 3.63) is 0 Å². The standard InChI is InChI=1S/C18H33NO/c1-14-10-15(2)12-16(11-14)19-13-17-6-9-18(20-17)7-4-3-5-8-18/h14-17,19H,3-13H2,1-2H3. The van der Waals surface area contributed by atoms with E-state index in [2.05, 4.69) is 19.2 Å². The highest BCUT2D eigenvalue weighted by Gasteiger charge is 2.40. The van der Waals surface area contributed by atoms with E-state index in [0.29, 0.717) is 6.10 Å². The van der Waals surface area contributed by atoms with Crippen LogP contribution in [0.15, 0.2) is 0 Å². The third-order valence-electron chi connectivity index (χ3n) is 5.92. The number of hydrogen-bond acceptors (Lipinski definition) is 2. The molecule has 20 heavy (non-hydrogen) atoms. The minimum absolute atomic E-state index is 0.289. The number of hydrogen-bond donors (Lipinski definition) is 1. The Morgan fingerprint density at radius 1 is 0.950 bits per heavy atom.